The molecule has 2 atom stereocenters. The van der Waals surface area contributed by atoms with Crippen LogP contribution in [0.5, 0.6) is 0 Å². The molecule has 5 N–H and O–H groups in total. The number of hydrogen-bond donors (Lipinski definition) is 5. The third-order valence-electron chi connectivity index (χ3n) is 6.10. The summed E-state index contributed by atoms with van der Waals surface area (Å²) in [6.07, 6.45) is 12.9. The van der Waals surface area contributed by atoms with Crippen molar-refractivity contribution >= 4 is 30.3 Å². The number of likely N-dealkylation sites (tertiary alicyclic amines) is 1. The fraction of sp³-hybridized carbons (Fsp3) is 0.913. The summed E-state index contributed by atoms with van der Waals surface area (Å²) in [6.45, 7) is -2.76. The van der Waals surface area contributed by atoms with Crippen molar-refractivity contribution in [1.29, 1.82) is 0 Å². The number of aliphatic hydroxyl groups is 2. The number of rotatable bonds is 20. The highest BCUT2D eigenvalue weighted by atomic mass is 32.5. The zero-order valence-electron chi connectivity index (χ0n) is 20.4. The summed E-state index contributed by atoms with van der Waals surface area (Å²) < 4.78 is 4.88. The molecule has 34 heavy (non-hydrogen) atoms. The fourth-order valence-corrected chi connectivity index (χ4v) is 4.76. The number of unbranched alkanes of at least 4 members (excludes halogenated alkanes) is 10. The van der Waals surface area contributed by atoms with Gasteiger partial charge < -0.3 is 34.7 Å². The van der Waals surface area contributed by atoms with Gasteiger partial charge in [-0.25, -0.2) is 0 Å². The second kappa shape index (κ2) is 18.6. The summed E-state index contributed by atoms with van der Waals surface area (Å²) in [5.74, 6) is -0.00840. The van der Waals surface area contributed by atoms with Gasteiger partial charge in [-0.15, -0.1) is 0 Å². The highest BCUT2D eigenvalue weighted by Crippen LogP contribution is 2.37. The van der Waals surface area contributed by atoms with Crippen LogP contribution < -0.4 is 5.32 Å². The van der Waals surface area contributed by atoms with Crippen LogP contribution in [0.4, 0.5) is 0 Å². The molecule has 9 nitrogen and oxygen atoms in total. The Balaban J connectivity index is 2.00. The molecule has 0 aromatic carbocycles. The highest BCUT2D eigenvalue weighted by Gasteiger charge is 2.34. The monoisotopic (exact) mass is 524 g/mol. The van der Waals surface area contributed by atoms with Gasteiger partial charge >= 0.3 is 6.72 Å². The maximum atomic E-state index is 12.5. The topological polar surface area (TPSA) is 140 Å². The first-order valence-electron chi connectivity index (χ1n) is 12.8. The van der Waals surface area contributed by atoms with E-state index in [1.807, 2.05) is 0 Å². The van der Waals surface area contributed by atoms with E-state index in [0.29, 0.717) is 38.8 Å². The number of amides is 2. The minimum atomic E-state index is -3.78. The van der Waals surface area contributed by atoms with Crippen LogP contribution in [0.15, 0.2) is 0 Å². The lowest BCUT2D eigenvalue weighted by atomic mass is 10.1. The van der Waals surface area contributed by atoms with Gasteiger partial charge in [0.1, 0.15) is 0 Å². The van der Waals surface area contributed by atoms with Crippen molar-refractivity contribution < 1.29 is 34.1 Å². The summed E-state index contributed by atoms with van der Waals surface area (Å²) in [4.78, 5) is 44.4. The quantitative estimate of drug-likeness (QED) is 0.121. The minimum Gasteiger partial charge on any atom is -0.396 e. The largest absolute Gasteiger partial charge is 0.396 e. The van der Waals surface area contributed by atoms with E-state index in [9.17, 15) is 24.5 Å². The third kappa shape index (κ3) is 16.1. The summed E-state index contributed by atoms with van der Waals surface area (Å²) in [5, 5.41) is 21.5. The molecule has 0 unspecified atom stereocenters. The number of aliphatic hydroxyl groups excluding tert-OH is 2. The van der Waals surface area contributed by atoms with Gasteiger partial charge in [0.05, 0.1) is 18.8 Å². The molecule has 0 radical (unpaired) electrons. The van der Waals surface area contributed by atoms with Crippen molar-refractivity contribution in [2.45, 2.75) is 108 Å². The second-order valence-electron chi connectivity index (χ2n) is 9.19. The number of nitrogens with zero attached hydrogens (tertiary/aromatic N) is 1. The summed E-state index contributed by atoms with van der Waals surface area (Å²) in [6, 6.07) is -0.403. The van der Waals surface area contributed by atoms with Gasteiger partial charge in [-0.1, -0.05) is 51.4 Å². The van der Waals surface area contributed by atoms with Gasteiger partial charge in [0, 0.05) is 32.5 Å². The molecule has 0 saturated carbocycles. The van der Waals surface area contributed by atoms with Crippen LogP contribution in [-0.2, 0) is 25.9 Å². The van der Waals surface area contributed by atoms with E-state index in [0.717, 1.165) is 44.9 Å². The molecule has 1 saturated heterocycles. The number of hydrogen-bond acceptors (Lipinski definition) is 6. The Morgan fingerprint density at radius 2 is 1.47 bits per heavy atom. The molecule has 11 heteroatoms. The summed E-state index contributed by atoms with van der Waals surface area (Å²) in [5.41, 5.74) is 0. The molecule has 2 amide bonds. The second-order valence-corrected chi connectivity index (χ2v) is 11.9. The average molecular weight is 525 g/mol. The van der Waals surface area contributed by atoms with Gasteiger partial charge in [-0.3, -0.25) is 9.59 Å². The number of carbonyl (C=O) groups is 2. The molecule has 1 aliphatic heterocycles. The lowest BCUT2D eigenvalue weighted by molar-refractivity contribution is -0.133. The van der Waals surface area contributed by atoms with Crippen LogP contribution in [0.25, 0.3) is 0 Å². The molecule has 0 aromatic heterocycles. The van der Waals surface area contributed by atoms with Crippen LogP contribution in [0, 0.1) is 0 Å². The average Bonchev–Trinajstić information content (AvgIpc) is 3.16. The molecule has 0 spiro atoms. The van der Waals surface area contributed by atoms with E-state index >= 15 is 0 Å². The highest BCUT2D eigenvalue weighted by molar-refractivity contribution is 8.06. The molecule has 0 aliphatic carbocycles. The Morgan fingerprint density at radius 1 is 0.912 bits per heavy atom. The van der Waals surface area contributed by atoms with E-state index in [1.165, 1.54) is 30.6 Å². The Labute approximate surface area is 209 Å². The van der Waals surface area contributed by atoms with Gasteiger partial charge in [-0.2, -0.15) is 0 Å². The lowest BCUT2D eigenvalue weighted by Gasteiger charge is -2.25. The van der Waals surface area contributed by atoms with Crippen molar-refractivity contribution in [2.24, 2.45) is 0 Å². The Morgan fingerprint density at radius 3 is 2.09 bits per heavy atom. The Kier molecular flexibility index (Phi) is 17.2. The van der Waals surface area contributed by atoms with Gasteiger partial charge in [-0.05, 0) is 43.9 Å². The van der Waals surface area contributed by atoms with Crippen LogP contribution >= 0.6 is 6.72 Å². The number of β-amino-alcohol motifs (C(OH)–C–C–N with tert-alkyl or cyclic N) is 1. The zero-order chi connectivity index (χ0) is 25.2. The standard InChI is InChI=1S/C23H45N2O7PS/c26-16-12-7-5-3-1-2-4-6-9-13-22(28)24-15-11-8-10-14-23(29)25-18-21(27)17-20(25)19-32-33(30,31)34/h20-21,26-27H,1-19H2,(H,24,28)(H2,30,31,34)/t20-,21+/m0/s1. The van der Waals surface area contributed by atoms with Crippen LogP contribution in [0.2, 0.25) is 0 Å². The van der Waals surface area contributed by atoms with Crippen molar-refractivity contribution in [3.63, 3.8) is 0 Å². The first-order valence-corrected chi connectivity index (χ1v) is 15.4. The van der Waals surface area contributed by atoms with E-state index in [4.69, 9.17) is 9.63 Å². The molecular formula is C23H45N2O7PS. The molecule has 1 fully saturated rings. The predicted molar refractivity (Wildman–Crippen MR) is 136 cm³/mol. The predicted octanol–water partition coefficient (Wildman–Crippen LogP) is 2.74. The maximum Gasteiger partial charge on any atom is 0.321 e. The van der Waals surface area contributed by atoms with Gasteiger partial charge in [0.2, 0.25) is 11.8 Å². The number of carbonyl (C=O) groups excluding carboxylic acids is 2. The van der Waals surface area contributed by atoms with E-state index in [1.54, 1.807) is 0 Å². The first-order chi connectivity index (χ1) is 16.2. The smallest absolute Gasteiger partial charge is 0.321 e. The lowest BCUT2D eigenvalue weighted by Crippen LogP contribution is -2.38. The normalized spacial score (nSPS) is 18.4. The molecule has 0 bridgehead atoms. The molecular weight excluding hydrogens is 479 g/mol. The maximum absolute atomic E-state index is 12.5. The van der Waals surface area contributed by atoms with E-state index < -0.39 is 18.9 Å². The van der Waals surface area contributed by atoms with Crippen molar-refractivity contribution in [3.05, 3.63) is 0 Å². The molecule has 200 valence electrons. The number of nitrogens with one attached hydrogen (secondary N) is 1. The van der Waals surface area contributed by atoms with Crippen LogP contribution in [0.3, 0.4) is 0 Å². The molecule has 1 rings (SSSR count). The fourth-order valence-electron chi connectivity index (χ4n) is 4.21. The zero-order valence-corrected chi connectivity index (χ0v) is 22.1. The van der Waals surface area contributed by atoms with Crippen LogP contribution in [0.1, 0.15) is 96.3 Å². The summed E-state index contributed by atoms with van der Waals surface area (Å²) in [7, 11) is 0. The Hall–Kier alpha value is -0.610. The molecule has 1 heterocycles. The van der Waals surface area contributed by atoms with Gasteiger partial charge in [0.15, 0.2) is 0 Å². The molecule has 0 aromatic rings. The van der Waals surface area contributed by atoms with Crippen LogP contribution in [-0.4, -0.2) is 75.2 Å². The van der Waals surface area contributed by atoms with E-state index in [2.05, 4.69) is 17.1 Å². The minimum absolute atomic E-state index is 0.0856. The van der Waals surface area contributed by atoms with Crippen molar-refractivity contribution in [3.8, 4) is 0 Å². The summed E-state index contributed by atoms with van der Waals surface area (Å²) >= 11 is 4.44. The van der Waals surface area contributed by atoms with Crippen molar-refractivity contribution in [2.75, 3.05) is 26.3 Å². The van der Waals surface area contributed by atoms with Crippen molar-refractivity contribution in [1.82, 2.24) is 10.2 Å². The Bertz CT molecular complexity index is 620. The molecule has 1 aliphatic rings. The van der Waals surface area contributed by atoms with Gasteiger partial charge in [0.25, 0.3) is 0 Å². The van der Waals surface area contributed by atoms with E-state index in [-0.39, 0.29) is 25.0 Å². The SMILES string of the molecule is O=C(CCCCCCCCCCCO)NCCCCCC(=O)N1C[C@H](O)C[C@H]1COP(O)(O)=S. The third-order valence-corrected chi connectivity index (χ3v) is 6.90. The first kappa shape index (κ1) is 31.4.